The molecule has 0 bridgehead atoms. The molecule has 1 unspecified atom stereocenters. The maximum absolute atomic E-state index is 5.53. The Kier molecular flexibility index (Phi) is 4.74. The minimum absolute atomic E-state index is 0.302. The number of ether oxygens (including phenoxy) is 1. The van der Waals surface area contributed by atoms with Gasteiger partial charge in [0.2, 0.25) is 0 Å². The van der Waals surface area contributed by atoms with E-state index in [4.69, 9.17) is 4.74 Å². The highest BCUT2D eigenvalue weighted by Gasteiger charge is 2.28. The maximum atomic E-state index is 5.53. The van der Waals surface area contributed by atoms with Gasteiger partial charge in [0.1, 0.15) is 5.75 Å². The summed E-state index contributed by atoms with van der Waals surface area (Å²) < 4.78 is 5.53. The van der Waals surface area contributed by atoms with Crippen molar-refractivity contribution in [3.05, 3.63) is 29.3 Å². The van der Waals surface area contributed by atoms with Crippen LogP contribution in [-0.4, -0.2) is 19.7 Å². The molecule has 1 aromatic carbocycles. The van der Waals surface area contributed by atoms with Crippen LogP contribution in [0.4, 0.5) is 0 Å². The molecule has 0 saturated heterocycles. The summed E-state index contributed by atoms with van der Waals surface area (Å²) >= 11 is 0. The zero-order chi connectivity index (χ0) is 14.8. The van der Waals surface area contributed by atoms with E-state index in [1.165, 1.54) is 24.0 Å². The zero-order valence-electron chi connectivity index (χ0n) is 13.6. The summed E-state index contributed by atoms with van der Waals surface area (Å²) in [5, 5.41) is 3.69. The number of hydrogen-bond acceptors (Lipinski definition) is 2. The van der Waals surface area contributed by atoms with E-state index in [1.807, 2.05) is 0 Å². The second kappa shape index (κ2) is 6.17. The highest BCUT2D eigenvalue weighted by Crippen LogP contribution is 2.32. The molecular weight excluding hydrogens is 246 g/mol. The molecule has 0 aliphatic heterocycles. The summed E-state index contributed by atoms with van der Waals surface area (Å²) in [7, 11) is 1.77. The van der Waals surface area contributed by atoms with Crippen molar-refractivity contribution in [1.82, 2.24) is 5.32 Å². The Balaban J connectivity index is 2.11. The van der Waals surface area contributed by atoms with E-state index in [1.54, 1.807) is 7.11 Å². The quantitative estimate of drug-likeness (QED) is 0.848. The Morgan fingerprint density at radius 1 is 1.30 bits per heavy atom. The van der Waals surface area contributed by atoms with Crippen molar-refractivity contribution >= 4 is 0 Å². The molecule has 0 heterocycles. The highest BCUT2D eigenvalue weighted by atomic mass is 16.5. The number of benzene rings is 1. The van der Waals surface area contributed by atoms with Gasteiger partial charge in [-0.2, -0.15) is 0 Å². The lowest BCUT2D eigenvalue weighted by molar-refractivity contribution is 0.228. The third-order valence-corrected chi connectivity index (χ3v) is 4.36. The molecule has 0 aromatic heterocycles. The van der Waals surface area contributed by atoms with Crippen molar-refractivity contribution in [2.75, 3.05) is 13.7 Å². The molecule has 1 aliphatic rings. The first-order chi connectivity index (χ1) is 9.40. The summed E-state index contributed by atoms with van der Waals surface area (Å²) in [6.07, 6.45) is 3.78. The molecule has 2 heteroatoms. The van der Waals surface area contributed by atoms with Crippen LogP contribution >= 0.6 is 0 Å². The lowest BCUT2D eigenvalue weighted by atomic mass is 9.77. The van der Waals surface area contributed by atoms with Gasteiger partial charge < -0.3 is 10.1 Å². The Bertz CT molecular complexity index is 443. The molecule has 1 atom stereocenters. The van der Waals surface area contributed by atoms with E-state index >= 15 is 0 Å². The molecule has 0 spiro atoms. The number of aryl methyl sites for hydroxylation is 1. The molecule has 2 nitrogen and oxygen atoms in total. The normalized spacial score (nSPS) is 17.1. The summed E-state index contributed by atoms with van der Waals surface area (Å²) in [6, 6.07) is 7.27. The van der Waals surface area contributed by atoms with Gasteiger partial charge in [-0.25, -0.2) is 0 Å². The standard InChI is InChI=1S/C18H29NO/c1-13-6-9-17(20-5)14(10-13)11-15(18(2,3)4)12-19-16-7-8-16/h6,9-10,15-16,19H,7-8,11-12H2,1-5H3. The molecular formula is C18H29NO. The minimum Gasteiger partial charge on any atom is -0.496 e. The van der Waals surface area contributed by atoms with E-state index in [9.17, 15) is 0 Å². The fourth-order valence-corrected chi connectivity index (χ4v) is 2.61. The molecule has 1 saturated carbocycles. The van der Waals surface area contributed by atoms with Crippen LogP contribution in [0.5, 0.6) is 5.75 Å². The molecule has 1 aromatic rings. The van der Waals surface area contributed by atoms with Gasteiger partial charge in [-0.3, -0.25) is 0 Å². The summed E-state index contributed by atoms with van der Waals surface area (Å²) in [5.41, 5.74) is 2.95. The van der Waals surface area contributed by atoms with Crippen LogP contribution in [0.15, 0.2) is 18.2 Å². The molecule has 1 N–H and O–H groups in total. The van der Waals surface area contributed by atoms with Crippen LogP contribution in [0, 0.1) is 18.3 Å². The largest absolute Gasteiger partial charge is 0.496 e. The lowest BCUT2D eigenvalue weighted by Gasteiger charge is -2.32. The smallest absolute Gasteiger partial charge is 0.122 e. The fourth-order valence-electron chi connectivity index (χ4n) is 2.61. The Labute approximate surface area is 123 Å². The SMILES string of the molecule is COc1ccc(C)cc1CC(CNC1CC1)C(C)(C)C. The lowest BCUT2D eigenvalue weighted by Crippen LogP contribution is -2.34. The van der Waals surface area contributed by atoms with Crippen LogP contribution < -0.4 is 10.1 Å². The van der Waals surface area contributed by atoms with Crippen molar-refractivity contribution in [3.63, 3.8) is 0 Å². The van der Waals surface area contributed by atoms with E-state index < -0.39 is 0 Å². The van der Waals surface area contributed by atoms with E-state index in [-0.39, 0.29) is 0 Å². The molecule has 1 fully saturated rings. The van der Waals surface area contributed by atoms with Crippen molar-refractivity contribution in [3.8, 4) is 5.75 Å². The van der Waals surface area contributed by atoms with Crippen LogP contribution in [-0.2, 0) is 6.42 Å². The molecule has 2 rings (SSSR count). The molecule has 20 heavy (non-hydrogen) atoms. The summed E-state index contributed by atoms with van der Waals surface area (Å²) in [4.78, 5) is 0. The maximum Gasteiger partial charge on any atom is 0.122 e. The van der Waals surface area contributed by atoms with Crippen molar-refractivity contribution < 1.29 is 4.74 Å². The molecule has 0 radical (unpaired) electrons. The zero-order valence-corrected chi connectivity index (χ0v) is 13.6. The third kappa shape index (κ3) is 4.24. The Morgan fingerprint density at radius 3 is 2.55 bits per heavy atom. The first-order valence-electron chi connectivity index (χ1n) is 7.77. The summed E-state index contributed by atoms with van der Waals surface area (Å²) in [5.74, 6) is 1.65. The van der Waals surface area contributed by atoms with Crippen LogP contribution in [0.1, 0.15) is 44.7 Å². The van der Waals surface area contributed by atoms with Crippen molar-refractivity contribution in [1.29, 1.82) is 0 Å². The first-order valence-corrected chi connectivity index (χ1v) is 7.77. The van der Waals surface area contributed by atoms with Gasteiger partial charge in [0.05, 0.1) is 7.11 Å². The van der Waals surface area contributed by atoms with Gasteiger partial charge in [-0.05, 0) is 55.7 Å². The van der Waals surface area contributed by atoms with Gasteiger partial charge in [0, 0.05) is 6.04 Å². The van der Waals surface area contributed by atoms with E-state index in [0.717, 1.165) is 24.8 Å². The first kappa shape index (κ1) is 15.4. The number of methoxy groups -OCH3 is 1. The Morgan fingerprint density at radius 2 is 2.00 bits per heavy atom. The van der Waals surface area contributed by atoms with Crippen molar-refractivity contribution in [2.45, 2.75) is 53.0 Å². The molecule has 112 valence electrons. The van der Waals surface area contributed by atoms with E-state index in [2.05, 4.69) is 51.2 Å². The topological polar surface area (TPSA) is 21.3 Å². The van der Waals surface area contributed by atoms with Crippen molar-refractivity contribution in [2.24, 2.45) is 11.3 Å². The highest BCUT2D eigenvalue weighted by molar-refractivity contribution is 5.37. The van der Waals surface area contributed by atoms with Crippen LogP contribution in [0.25, 0.3) is 0 Å². The number of hydrogen-bond donors (Lipinski definition) is 1. The third-order valence-electron chi connectivity index (χ3n) is 4.36. The predicted octanol–water partition coefficient (Wildman–Crippen LogP) is 3.96. The van der Waals surface area contributed by atoms with Gasteiger partial charge in [0.15, 0.2) is 0 Å². The summed E-state index contributed by atoms with van der Waals surface area (Å²) in [6.45, 7) is 10.3. The van der Waals surface area contributed by atoms with Gasteiger partial charge in [0.25, 0.3) is 0 Å². The fraction of sp³-hybridized carbons (Fsp3) is 0.667. The average Bonchev–Trinajstić information content (AvgIpc) is 3.17. The second-order valence-corrected chi connectivity index (χ2v) is 7.26. The van der Waals surface area contributed by atoms with Gasteiger partial charge in [-0.15, -0.1) is 0 Å². The number of nitrogens with one attached hydrogen (secondary N) is 1. The Hall–Kier alpha value is -1.02. The average molecular weight is 275 g/mol. The molecule has 0 amide bonds. The predicted molar refractivity (Wildman–Crippen MR) is 85.4 cm³/mol. The van der Waals surface area contributed by atoms with Gasteiger partial charge >= 0.3 is 0 Å². The molecule has 1 aliphatic carbocycles. The van der Waals surface area contributed by atoms with Gasteiger partial charge in [-0.1, -0.05) is 38.5 Å². The van der Waals surface area contributed by atoms with Crippen LogP contribution in [0.3, 0.4) is 0 Å². The number of rotatable bonds is 6. The monoisotopic (exact) mass is 275 g/mol. The van der Waals surface area contributed by atoms with Crippen LogP contribution in [0.2, 0.25) is 0 Å². The minimum atomic E-state index is 0.302. The van der Waals surface area contributed by atoms with E-state index in [0.29, 0.717) is 11.3 Å². The second-order valence-electron chi connectivity index (χ2n) is 7.26.